The number of fused-ring (bicyclic) bond motifs is 1. The van der Waals surface area contributed by atoms with Crippen LogP contribution < -0.4 is 0 Å². The fourth-order valence-electron chi connectivity index (χ4n) is 3.76. The summed E-state index contributed by atoms with van der Waals surface area (Å²) in [6.07, 6.45) is 4.97. The molecule has 3 heterocycles. The molecule has 2 saturated heterocycles. The Kier molecular flexibility index (Phi) is 5.19. The first-order chi connectivity index (χ1) is 11.2. The standard InChI is InChI=1S/C18H25NO3S/c1-3-9-21-13-18-7-4-10-22-15(18)5-8-19(12-18)17(20)16-14(2)6-11-23-16/h3,6,11,15H,1,4-5,7-10,12-13H2,2H3/t15-,18-/m0/s1. The third-order valence-corrected chi connectivity index (χ3v) is 5.96. The van der Waals surface area contributed by atoms with Crippen molar-refractivity contribution in [2.45, 2.75) is 32.3 Å². The van der Waals surface area contributed by atoms with Crippen molar-refractivity contribution in [2.24, 2.45) is 5.41 Å². The first-order valence-corrected chi connectivity index (χ1v) is 9.18. The molecule has 0 saturated carbocycles. The molecule has 0 bridgehead atoms. The lowest BCUT2D eigenvalue weighted by molar-refractivity contribution is -0.144. The number of nitrogens with zero attached hydrogens (tertiary/aromatic N) is 1. The van der Waals surface area contributed by atoms with Gasteiger partial charge in [0, 0.05) is 25.1 Å². The maximum absolute atomic E-state index is 12.9. The Hall–Kier alpha value is -1.17. The summed E-state index contributed by atoms with van der Waals surface area (Å²) in [6.45, 7) is 9.22. The molecule has 1 aromatic rings. The molecule has 0 N–H and O–H groups in total. The Morgan fingerprint density at radius 2 is 2.52 bits per heavy atom. The quantitative estimate of drug-likeness (QED) is 0.612. The Labute approximate surface area is 142 Å². The molecule has 4 nitrogen and oxygen atoms in total. The van der Waals surface area contributed by atoms with Gasteiger partial charge in [0.25, 0.3) is 5.91 Å². The molecule has 0 aromatic carbocycles. The van der Waals surface area contributed by atoms with Crippen LogP contribution in [0, 0.1) is 12.3 Å². The molecule has 0 radical (unpaired) electrons. The van der Waals surface area contributed by atoms with E-state index in [1.807, 2.05) is 23.3 Å². The van der Waals surface area contributed by atoms with Crippen molar-refractivity contribution in [3.05, 3.63) is 34.5 Å². The van der Waals surface area contributed by atoms with E-state index in [4.69, 9.17) is 9.47 Å². The predicted molar refractivity (Wildman–Crippen MR) is 92.0 cm³/mol. The van der Waals surface area contributed by atoms with Gasteiger partial charge in [-0.2, -0.15) is 0 Å². The van der Waals surface area contributed by atoms with Gasteiger partial charge in [-0.05, 0) is 43.2 Å². The summed E-state index contributed by atoms with van der Waals surface area (Å²) in [5.41, 5.74) is 0.999. The average molecular weight is 335 g/mol. The minimum atomic E-state index is -0.0691. The van der Waals surface area contributed by atoms with Crippen LogP contribution in [-0.4, -0.2) is 49.8 Å². The van der Waals surface area contributed by atoms with Crippen molar-refractivity contribution >= 4 is 17.2 Å². The zero-order chi connectivity index (χ0) is 16.3. The van der Waals surface area contributed by atoms with Gasteiger partial charge in [-0.3, -0.25) is 4.79 Å². The molecule has 2 aliphatic heterocycles. The van der Waals surface area contributed by atoms with Crippen molar-refractivity contribution in [3.8, 4) is 0 Å². The van der Waals surface area contributed by atoms with Crippen LogP contribution in [0.25, 0.3) is 0 Å². The van der Waals surface area contributed by atoms with Crippen LogP contribution >= 0.6 is 11.3 Å². The lowest BCUT2D eigenvalue weighted by Crippen LogP contribution is -2.58. The number of aryl methyl sites for hydroxylation is 1. The second kappa shape index (κ2) is 7.16. The second-order valence-corrected chi connectivity index (χ2v) is 7.49. The van der Waals surface area contributed by atoms with Gasteiger partial charge < -0.3 is 14.4 Å². The molecule has 2 aliphatic rings. The molecular weight excluding hydrogens is 310 g/mol. The molecule has 5 heteroatoms. The molecule has 126 valence electrons. The highest BCUT2D eigenvalue weighted by Gasteiger charge is 2.47. The number of hydrogen-bond acceptors (Lipinski definition) is 4. The number of carbonyl (C=O) groups is 1. The van der Waals surface area contributed by atoms with Crippen molar-refractivity contribution in [1.82, 2.24) is 4.90 Å². The first-order valence-electron chi connectivity index (χ1n) is 8.30. The molecule has 2 atom stereocenters. The summed E-state index contributed by atoms with van der Waals surface area (Å²) in [6, 6.07) is 2.01. The lowest BCUT2D eigenvalue weighted by Gasteiger charge is -2.50. The molecule has 3 rings (SSSR count). The normalized spacial score (nSPS) is 27.5. The molecule has 2 fully saturated rings. The van der Waals surface area contributed by atoms with E-state index in [1.54, 1.807) is 6.08 Å². The Balaban J connectivity index is 1.76. The van der Waals surface area contributed by atoms with Crippen LogP contribution in [0.4, 0.5) is 0 Å². The summed E-state index contributed by atoms with van der Waals surface area (Å²) in [4.78, 5) is 15.7. The summed E-state index contributed by atoms with van der Waals surface area (Å²) in [5, 5.41) is 1.99. The van der Waals surface area contributed by atoms with Gasteiger partial charge in [-0.1, -0.05) is 6.08 Å². The molecule has 1 amide bonds. The van der Waals surface area contributed by atoms with Crippen LogP contribution in [0.1, 0.15) is 34.5 Å². The summed E-state index contributed by atoms with van der Waals surface area (Å²) in [5.74, 6) is 0.157. The zero-order valence-electron chi connectivity index (χ0n) is 13.8. The molecule has 1 aromatic heterocycles. The number of likely N-dealkylation sites (tertiary alicyclic amines) is 1. The van der Waals surface area contributed by atoms with E-state index >= 15 is 0 Å². The first kappa shape index (κ1) is 16.7. The monoisotopic (exact) mass is 335 g/mol. The van der Waals surface area contributed by atoms with E-state index in [1.165, 1.54) is 11.3 Å². The van der Waals surface area contributed by atoms with Crippen LogP contribution in [0.5, 0.6) is 0 Å². The lowest BCUT2D eigenvalue weighted by atomic mass is 9.73. The van der Waals surface area contributed by atoms with E-state index in [9.17, 15) is 4.79 Å². The fourth-order valence-corrected chi connectivity index (χ4v) is 4.65. The number of rotatable bonds is 5. The highest BCUT2D eigenvalue weighted by atomic mass is 32.1. The highest BCUT2D eigenvalue weighted by molar-refractivity contribution is 7.12. The molecule has 23 heavy (non-hydrogen) atoms. The van der Waals surface area contributed by atoms with E-state index in [0.717, 1.165) is 49.4 Å². The van der Waals surface area contributed by atoms with E-state index in [0.29, 0.717) is 13.2 Å². The van der Waals surface area contributed by atoms with Gasteiger partial charge in [-0.15, -0.1) is 17.9 Å². The average Bonchev–Trinajstić information content (AvgIpc) is 3.00. The van der Waals surface area contributed by atoms with E-state index in [-0.39, 0.29) is 17.4 Å². The largest absolute Gasteiger partial charge is 0.377 e. The van der Waals surface area contributed by atoms with E-state index < -0.39 is 0 Å². The summed E-state index contributed by atoms with van der Waals surface area (Å²) < 4.78 is 11.8. The number of hydrogen-bond donors (Lipinski definition) is 0. The molecule has 0 spiro atoms. The van der Waals surface area contributed by atoms with Gasteiger partial charge in [0.1, 0.15) is 0 Å². The van der Waals surface area contributed by atoms with Gasteiger partial charge in [0.2, 0.25) is 0 Å². The van der Waals surface area contributed by atoms with Gasteiger partial charge in [0.15, 0.2) is 0 Å². The van der Waals surface area contributed by atoms with Gasteiger partial charge >= 0.3 is 0 Å². The molecule has 0 aliphatic carbocycles. The van der Waals surface area contributed by atoms with Gasteiger partial charge in [-0.25, -0.2) is 0 Å². The second-order valence-electron chi connectivity index (χ2n) is 6.58. The number of ether oxygens (including phenoxy) is 2. The molecule has 0 unspecified atom stereocenters. The van der Waals surface area contributed by atoms with Crippen LogP contribution in [-0.2, 0) is 9.47 Å². The highest BCUT2D eigenvalue weighted by Crippen LogP contribution is 2.41. The fraction of sp³-hybridized carbons (Fsp3) is 0.611. The van der Waals surface area contributed by atoms with Crippen molar-refractivity contribution in [1.29, 1.82) is 0 Å². The number of amides is 1. The predicted octanol–water partition coefficient (Wildman–Crippen LogP) is 3.27. The van der Waals surface area contributed by atoms with Gasteiger partial charge in [0.05, 0.1) is 24.2 Å². The van der Waals surface area contributed by atoms with Crippen LogP contribution in [0.15, 0.2) is 24.1 Å². The van der Waals surface area contributed by atoms with Crippen molar-refractivity contribution in [2.75, 3.05) is 32.9 Å². The van der Waals surface area contributed by atoms with Crippen LogP contribution in [0.3, 0.4) is 0 Å². The Morgan fingerprint density at radius 1 is 1.65 bits per heavy atom. The Bertz CT molecular complexity index is 570. The summed E-state index contributed by atoms with van der Waals surface area (Å²) >= 11 is 1.53. The number of carbonyl (C=O) groups excluding carboxylic acids is 1. The van der Waals surface area contributed by atoms with Crippen molar-refractivity contribution in [3.63, 3.8) is 0 Å². The minimum Gasteiger partial charge on any atom is -0.377 e. The molecular formula is C18H25NO3S. The maximum atomic E-state index is 12.9. The topological polar surface area (TPSA) is 38.8 Å². The third kappa shape index (κ3) is 3.37. The summed E-state index contributed by atoms with van der Waals surface area (Å²) in [7, 11) is 0. The Morgan fingerprint density at radius 3 is 3.26 bits per heavy atom. The van der Waals surface area contributed by atoms with Crippen LogP contribution in [0.2, 0.25) is 0 Å². The third-order valence-electron chi connectivity index (χ3n) is 4.96. The minimum absolute atomic E-state index is 0.0691. The smallest absolute Gasteiger partial charge is 0.264 e. The SMILES string of the molecule is C=CCOC[C@@]12CCCO[C@H]1CCN(C(=O)c1sccc1C)C2. The number of thiophene rings is 1. The zero-order valence-corrected chi connectivity index (χ0v) is 14.6. The maximum Gasteiger partial charge on any atom is 0.264 e. The van der Waals surface area contributed by atoms with E-state index in [2.05, 4.69) is 6.58 Å². The van der Waals surface area contributed by atoms with Crippen molar-refractivity contribution < 1.29 is 14.3 Å². The number of piperidine rings is 1.